The van der Waals surface area contributed by atoms with E-state index >= 15 is 0 Å². The fourth-order valence-corrected chi connectivity index (χ4v) is 1.08. The highest BCUT2D eigenvalue weighted by atomic mass is 35.5. The third kappa shape index (κ3) is 2.11. The summed E-state index contributed by atoms with van der Waals surface area (Å²) in [6.07, 6.45) is 0. The van der Waals surface area contributed by atoms with Gasteiger partial charge >= 0.3 is 0 Å². The first-order valence-corrected chi connectivity index (χ1v) is 3.85. The van der Waals surface area contributed by atoms with Crippen LogP contribution in [0.4, 0.5) is 0 Å². The maximum atomic E-state index is 8.46. The molecule has 0 saturated carbocycles. The van der Waals surface area contributed by atoms with Crippen molar-refractivity contribution in [1.82, 2.24) is 5.48 Å². The molecule has 0 atom stereocenters. The van der Waals surface area contributed by atoms with Crippen LogP contribution in [-0.2, 0) is 6.54 Å². The van der Waals surface area contributed by atoms with Crippen molar-refractivity contribution in [1.29, 1.82) is 0 Å². The van der Waals surface area contributed by atoms with E-state index in [-0.39, 0.29) is 0 Å². The Labute approximate surface area is 75.9 Å². The van der Waals surface area contributed by atoms with E-state index in [2.05, 4.69) is 0 Å². The van der Waals surface area contributed by atoms with E-state index < -0.39 is 0 Å². The predicted octanol–water partition coefficient (Wildman–Crippen LogP) is 1.83. The van der Waals surface area contributed by atoms with Gasteiger partial charge in [0.15, 0.2) is 0 Å². The van der Waals surface area contributed by atoms with Crippen molar-refractivity contribution < 1.29 is 9.94 Å². The van der Waals surface area contributed by atoms with Crippen molar-refractivity contribution in [3.8, 4) is 5.75 Å². The van der Waals surface area contributed by atoms with Crippen LogP contribution in [0.25, 0.3) is 0 Å². The minimum Gasteiger partial charge on any atom is -0.497 e. The summed E-state index contributed by atoms with van der Waals surface area (Å²) >= 11 is 5.83. The number of methoxy groups -OCH3 is 1. The van der Waals surface area contributed by atoms with E-state index in [9.17, 15) is 0 Å². The molecular formula is C8H10ClNO2. The van der Waals surface area contributed by atoms with Crippen molar-refractivity contribution in [3.05, 3.63) is 28.8 Å². The lowest BCUT2D eigenvalue weighted by Crippen LogP contribution is -2.06. The van der Waals surface area contributed by atoms with Gasteiger partial charge in [-0.25, -0.2) is 5.48 Å². The standard InChI is InChI=1S/C8H10ClNO2/c1-12-7-2-3-8(9)6(4-7)5-10-11/h2-4,10-11H,5H2,1H3. The molecule has 0 amide bonds. The largest absolute Gasteiger partial charge is 0.497 e. The summed E-state index contributed by atoms with van der Waals surface area (Å²) in [6, 6.07) is 5.27. The molecule has 1 rings (SSSR count). The van der Waals surface area contributed by atoms with Crippen molar-refractivity contribution in [2.24, 2.45) is 0 Å². The molecule has 0 radical (unpaired) electrons. The van der Waals surface area contributed by atoms with Crippen LogP contribution in [0.3, 0.4) is 0 Å². The average molecular weight is 188 g/mol. The number of halogens is 1. The zero-order chi connectivity index (χ0) is 8.97. The Morgan fingerprint density at radius 1 is 1.58 bits per heavy atom. The monoisotopic (exact) mass is 187 g/mol. The lowest BCUT2D eigenvalue weighted by atomic mass is 10.2. The third-order valence-electron chi connectivity index (χ3n) is 1.52. The Hall–Kier alpha value is -0.770. The van der Waals surface area contributed by atoms with Gasteiger partial charge in [-0.1, -0.05) is 11.6 Å². The molecular weight excluding hydrogens is 178 g/mol. The zero-order valence-corrected chi connectivity index (χ0v) is 7.43. The highest BCUT2D eigenvalue weighted by Gasteiger charge is 2.00. The van der Waals surface area contributed by atoms with Gasteiger partial charge in [0.05, 0.1) is 7.11 Å². The number of rotatable bonds is 3. The first-order chi connectivity index (χ1) is 5.77. The molecule has 0 aromatic heterocycles. The maximum absolute atomic E-state index is 8.46. The molecule has 1 aromatic rings. The molecule has 0 saturated heterocycles. The summed E-state index contributed by atoms with van der Waals surface area (Å²) in [7, 11) is 1.58. The van der Waals surface area contributed by atoms with Gasteiger partial charge in [-0.15, -0.1) is 0 Å². The molecule has 3 nitrogen and oxygen atoms in total. The van der Waals surface area contributed by atoms with Gasteiger partial charge in [0.2, 0.25) is 0 Å². The highest BCUT2D eigenvalue weighted by molar-refractivity contribution is 6.31. The first-order valence-electron chi connectivity index (χ1n) is 3.47. The lowest BCUT2D eigenvalue weighted by Gasteiger charge is -2.05. The molecule has 4 heteroatoms. The van der Waals surface area contributed by atoms with Crippen LogP contribution in [0.1, 0.15) is 5.56 Å². The fraction of sp³-hybridized carbons (Fsp3) is 0.250. The SMILES string of the molecule is COc1ccc(Cl)c(CNO)c1. The van der Waals surface area contributed by atoms with Crippen LogP contribution in [0, 0.1) is 0 Å². The topological polar surface area (TPSA) is 41.5 Å². The summed E-state index contributed by atoms with van der Waals surface area (Å²) < 4.78 is 4.99. The summed E-state index contributed by atoms with van der Waals surface area (Å²) in [5.41, 5.74) is 2.84. The summed E-state index contributed by atoms with van der Waals surface area (Å²) in [5.74, 6) is 0.727. The minimum atomic E-state index is 0.316. The van der Waals surface area contributed by atoms with E-state index in [1.807, 2.05) is 5.48 Å². The number of ether oxygens (including phenoxy) is 1. The number of hydrogen-bond acceptors (Lipinski definition) is 3. The molecule has 1 aromatic carbocycles. The molecule has 0 aliphatic carbocycles. The molecule has 66 valence electrons. The molecule has 0 spiro atoms. The second kappa shape index (κ2) is 4.30. The van der Waals surface area contributed by atoms with Crippen LogP contribution in [0.15, 0.2) is 18.2 Å². The smallest absolute Gasteiger partial charge is 0.119 e. The van der Waals surface area contributed by atoms with Gasteiger partial charge in [0.25, 0.3) is 0 Å². The Kier molecular flexibility index (Phi) is 3.34. The van der Waals surface area contributed by atoms with Crippen molar-refractivity contribution in [2.45, 2.75) is 6.54 Å². The third-order valence-corrected chi connectivity index (χ3v) is 1.89. The molecule has 12 heavy (non-hydrogen) atoms. The second-order valence-electron chi connectivity index (χ2n) is 2.29. The number of benzene rings is 1. The molecule has 2 N–H and O–H groups in total. The van der Waals surface area contributed by atoms with Crippen molar-refractivity contribution in [3.63, 3.8) is 0 Å². The minimum absolute atomic E-state index is 0.316. The Morgan fingerprint density at radius 2 is 2.33 bits per heavy atom. The van der Waals surface area contributed by atoms with E-state index in [0.717, 1.165) is 11.3 Å². The molecule has 0 fully saturated rings. The van der Waals surface area contributed by atoms with Gasteiger partial charge in [-0.3, -0.25) is 0 Å². The van der Waals surface area contributed by atoms with E-state index in [4.69, 9.17) is 21.5 Å². The maximum Gasteiger partial charge on any atom is 0.119 e. The molecule has 0 unspecified atom stereocenters. The second-order valence-corrected chi connectivity index (χ2v) is 2.70. The van der Waals surface area contributed by atoms with Gasteiger partial charge in [0, 0.05) is 11.6 Å². The first kappa shape index (κ1) is 9.32. The number of hydrogen-bond donors (Lipinski definition) is 2. The van der Waals surface area contributed by atoms with Crippen molar-refractivity contribution >= 4 is 11.6 Å². The summed E-state index contributed by atoms with van der Waals surface area (Å²) in [6.45, 7) is 0.316. The summed E-state index contributed by atoms with van der Waals surface area (Å²) in [5, 5.41) is 9.07. The van der Waals surface area contributed by atoms with Gasteiger partial charge in [-0.2, -0.15) is 0 Å². The molecule has 0 aliphatic heterocycles. The molecule has 0 aliphatic rings. The van der Waals surface area contributed by atoms with Crippen LogP contribution in [0.5, 0.6) is 5.75 Å². The predicted molar refractivity (Wildman–Crippen MR) is 46.6 cm³/mol. The Balaban J connectivity index is 2.91. The van der Waals surface area contributed by atoms with Gasteiger partial charge in [-0.05, 0) is 23.8 Å². The highest BCUT2D eigenvalue weighted by Crippen LogP contribution is 2.21. The van der Waals surface area contributed by atoms with Gasteiger partial charge < -0.3 is 9.94 Å². The van der Waals surface area contributed by atoms with E-state index in [0.29, 0.717) is 11.6 Å². The van der Waals surface area contributed by atoms with Crippen molar-refractivity contribution in [2.75, 3.05) is 7.11 Å². The quantitative estimate of drug-likeness (QED) is 0.710. The zero-order valence-electron chi connectivity index (χ0n) is 6.67. The molecule has 0 bridgehead atoms. The summed E-state index contributed by atoms with van der Waals surface area (Å²) in [4.78, 5) is 0. The van der Waals surface area contributed by atoms with Crippen LogP contribution < -0.4 is 10.2 Å². The molecule has 0 heterocycles. The fourth-order valence-electron chi connectivity index (χ4n) is 0.899. The van der Waals surface area contributed by atoms with Gasteiger partial charge in [0.1, 0.15) is 5.75 Å². The van der Waals surface area contributed by atoms with E-state index in [1.54, 1.807) is 25.3 Å². The van der Waals surface area contributed by atoms with E-state index in [1.165, 1.54) is 0 Å². The number of hydroxylamine groups is 1. The lowest BCUT2D eigenvalue weighted by molar-refractivity contribution is 0.161. The Bertz CT molecular complexity index is 265. The van der Waals surface area contributed by atoms with Crippen LogP contribution in [0.2, 0.25) is 5.02 Å². The average Bonchev–Trinajstić information content (AvgIpc) is 2.09. The normalized spacial score (nSPS) is 9.92. The van der Waals surface area contributed by atoms with Crippen LogP contribution in [-0.4, -0.2) is 12.3 Å². The number of nitrogens with one attached hydrogen (secondary N) is 1. The van der Waals surface area contributed by atoms with Crippen LogP contribution >= 0.6 is 11.6 Å². The Morgan fingerprint density at radius 3 is 2.92 bits per heavy atom.